The zero-order chi connectivity index (χ0) is 29.5. The Morgan fingerprint density at radius 3 is 2.49 bits per heavy atom. The molecule has 1 fully saturated rings. The van der Waals surface area contributed by atoms with Crippen LogP contribution in [0.5, 0.6) is 5.88 Å². The molecule has 41 heavy (non-hydrogen) atoms. The number of aromatic nitrogens is 2. The summed E-state index contributed by atoms with van der Waals surface area (Å²) >= 11 is 0. The zero-order valence-corrected chi connectivity index (χ0v) is 23.2. The Balaban J connectivity index is 1.48. The van der Waals surface area contributed by atoms with Crippen LogP contribution in [-0.4, -0.2) is 70.0 Å². The number of fused-ring (bicyclic) bond motifs is 1. The molecule has 0 atom stereocenters. The van der Waals surface area contributed by atoms with Crippen LogP contribution >= 0.6 is 10.6 Å². The van der Waals surface area contributed by atoms with Gasteiger partial charge in [0.25, 0.3) is 15.9 Å². The molecule has 2 aromatic heterocycles. The van der Waals surface area contributed by atoms with Gasteiger partial charge in [0.2, 0.25) is 5.88 Å². The third-order valence-corrected chi connectivity index (χ3v) is 9.62. The summed E-state index contributed by atoms with van der Waals surface area (Å²) in [5, 5.41) is 0.563. The van der Waals surface area contributed by atoms with Crippen LogP contribution in [0.1, 0.15) is 10.4 Å². The van der Waals surface area contributed by atoms with Crippen molar-refractivity contribution in [3.05, 3.63) is 71.9 Å². The largest absolute Gasteiger partial charge is 0.480 e. The minimum atomic E-state index is -4.47. The second-order valence-electron chi connectivity index (χ2n) is 9.29. The fourth-order valence-electron chi connectivity index (χ4n) is 4.38. The highest BCUT2D eigenvalue weighted by Crippen LogP contribution is 2.40. The highest BCUT2D eigenvalue weighted by molar-refractivity contribution is 8.24. The first-order valence-electron chi connectivity index (χ1n) is 12.1. The first-order chi connectivity index (χ1) is 19.4. The quantitative estimate of drug-likeness (QED) is 0.252. The lowest BCUT2D eigenvalue weighted by Gasteiger charge is -2.40. The van der Waals surface area contributed by atoms with Crippen molar-refractivity contribution in [2.45, 2.75) is 4.90 Å². The molecule has 216 valence electrons. The molecular formula is C26H25F2N5O6S2. The summed E-state index contributed by atoms with van der Waals surface area (Å²) in [6, 6.07) is 10.2. The predicted octanol–water partition coefficient (Wildman–Crippen LogP) is 4.17. The molecule has 2 aromatic carbocycles. The Morgan fingerprint density at radius 2 is 1.80 bits per heavy atom. The number of hydrogen-bond donors (Lipinski definition) is 4. The number of nitrogens with one attached hydrogen (secondary N) is 1. The van der Waals surface area contributed by atoms with Crippen molar-refractivity contribution in [1.82, 2.24) is 14.9 Å². The number of hydrogen-bond acceptors (Lipinski definition) is 9. The van der Waals surface area contributed by atoms with Gasteiger partial charge in [0.05, 0.1) is 29.7 Å². The molecule has 1 amide bonds. The van der Waals surface area contributed by atoms with E-state index in [1.54, 1.807) is 24.3 Å². The number of nitrogens with zero attached hydrogens (tertiary/aromatic N) is 3. The fourth-order valence-corrected chi connectivity index (χ4v) is 6.72. The van der Waals surface area contributed by atoms with E-state index in [0.29, 0.717) is 28.1 Å². The van der Waals surface area contributed by atoms with Crippen LogP contribution in [0.15, 0.2) is 59.6 Å². The maximum absolute atomic E-state index is 14.2. The summed E-state index contributed by atoms with van der Waals surface area (Å²) in [4.78, 5) is 22.4. The Bertz CT molecular complexity index is 1780. The Labute approximate surface area is 235 Å². The normalized spacial score (nSPS) is 15.9. The fraction of sp³-hybridized carbons (Fsp3) is 0.192. The molecule has 1 saturated heterocycles. The van der Waals surface area contributed by atoms with Crippen molar-refractivity contribution in [1.29, 1.82) is 0 Å². The van der Waals surface area contributed by atoms with Crippen LogP contribution in [0.25, 0.3) is 22.0 Å². The molecule has 0 saturated carbocycles. The number of benzene rings is 2. The van der Waals surface area contributed by atoms with Gasteiger partial charge in [-0.25, -0.2) is 27.2 Å². The summed E-state index contributed by atoms with van der Waals surface area (Å²) < 4.78 is 80.4. The molecule has 1 aliphatic rings. The van der Waals surface area contributed by atoms with E-state index in [-0.39, 0.29) is 53.5 Å². The average molecular weight is 606 g/mol. The van der Waals surface area contributed by atoms with Gasteiger partial charge < -0.3 is 15.4 Å². The van der Waals surface area contributed by atoms with Crippen molar-refractivity contribution in [2.75, 3.05) is 42.2 Å². The highest BCUT2D eigenvalue weighted by Gasteiger charge is 2.28. The van der Waals surface area contributed by atoms with Crippen molar-refractivity contribution < 1.29 is 35.8 Å². The van der Waals surface area contributed by atoms with Gasteiger partial charge >= 0.3 is 0 Å². The average Bonchev–Trinajstić information content (AvgIpc) is 2.91. The SMILES string of the molecule is COc1ncc(-c2ccc3nc(N)c(C(=O)N4CCS(O)(O)CC4)cc3c2)cc1NS(=O)(=O)c1ccc(F)cc1F. The summed E-state index contributed by atoms with van der Waals surface area (Å²) in [6.45, 7) is 0.355. The van der Waals surface area contributed by atoms with Crippen LogP contribution in [-0.2, 0) is 10.0 Å². The zero-order valence-electron chi connectivity index (χ0n) is 21.5. The molecule has 0 aliphatic carbocycles. The van der Waals surface area contributed by atoms with Gasteiger partial charge in [0.15, 0.2) is 0 Å². The summed E-state index contributed by atoms with van der Waals surface area (Å²) in [5.74, 6) is -2.43. The van der Waals surface area contributed by atoms with Gasteiger partial charge in [-0.15, -0.1) is 0 Å². The van der Waals surface area contributed by atoms with Crippen LogP contribution in [0.2, 0.25) is 0 Å². The lowest BCUT2D eigenvalue weighted by molar-refractivity contribution is 0.0769. The van der Waals surface area contributed by atoms with E-state index in [2.05, 4.69) is 14.7 Å². The van der Waals surface area contributed by atoms with Crippen LogP contribution in [0.4, 0.5) is 20.3 Å². The molecule has 4 aromatic rings. The Kier molecular flexibility index (Phi) is 7.46. The van der Waals surface area contributed by atoms with E-state index in [4.69, 9.17) is 10.5 Å². The minimum absolute atomic E-state index is 0.0308. The molecule has 5 rings (SSSR count). The number of rotatable bonds is 6. The molecule has 0 spiro atoms. The van der Waals surface area contributed by atoms with Gasteiger partial charge in [-0.2, -0.15) is 10.6 Å². The standard InChI is InChI=1S/C26H25F2N5O6S2/c1-39-25-22(32-41(37,38)23-5-3-18(27)13-20(23)28)12-17(14-30-25)15-2-4-21-16(10-15)11-19(24(29)31-21)26(34)33-6-8-40(35,36)9-7-33/h2-5,10-14,32,35-36H,6-9H2,1H3,(H2,29,31). The third-order valence-electron chi connectivity index (χ3n) is 6.54. The van der Waals surface area contributed by atoms with Gasteiger partial charge in [-0.1, -0.05) is 6.07 Å². The van der Waals surface area contributed by atoms with Crippen molar-refractivity contribution in [3.8, 4) is 17.0 Å². The Morgan fingerprint density at radius 1 is 1.07 bits per heavy atom. The monoisotopic (exact) mass is 605 g/mol. The number of nitrogen functional groups attached to an aromatic ring is 1. The van der Waals surface area contributed by atoms with E-state index < -0.39 is 37.1 Å². The number of carbonyl (C=O) groups excluding carboxylic acids is 1. The number of methoxy groups -OCH3 is 1. The van der Waals surface area contributed by atoms with Gasteiger partial charge in [-0.3, -0.25) is 18.6 Å². The molecule has 5 N–H and O–H groups in total. The lowest BCUT2D eigenvalue weighted by Crippen LogP contribution is -2.42. The maximum Gasteiger partial charge on any atom is 0.264 e. The van der Waals surface area contributed by atoms with E-state index in [1.165, 1.54) is 24.3 Å². The van der Waals surface area contributed by atoms with Crippen LogP contribution in [0.3, 0.4) is 0 Å². The molecular weight excluding hydrogens is 580 g/mol. The Hall–Kier alpha value is -4.05. The van der Waals surface area contributed by atoms with Crippen LogP contribution < -0.4 is 15.2 Å². The topological polar surface area (TPSA) is 168 Å². The summed E-state index contributed by atoms with van der Waals surface area (Å²) in [5.41, 5.74) is 7.70. The molecule has 11 nitrogen and oxygen atoms in total. The number of amides is 1. The third kappa shape index (κ3) is 5.88. The van der Waals surface area contributed by atoms with Crippen molar-refractivity contribution >= 4 is 48.9 Å². The summed E-state index contributed by atoms with van der Waals surface area (Å²) in [6.07, 6.45) is 1.44. The number of carbonyl (C=O) groups is 1. The molecule has 3 heterocycles. The number of anilines is 2. The van der Waals surface area contributed by atoms with Crippen molar-refractivity contribution in [3.63, 3.8) is 0 Å². The highest BCUT2D eigenvalue weighted by atomic mass is 32.3. The van der Waals surface area contributed by atoms with E-state index in [0.717, 1.165) is 12.1 Å². The maximum atomic E-state index is 14.2. The first kappa shape index (κ1) is 28.5. The molecule has 1 aliphatic heterocycles. The van der Waals surface area contributed by atoms with E-state index in [9.17, 15) is 31.1 Å². The van der Waals surface area contributed by atoms with Gasteiger partial charge in [0.1, 0.15) is 28.0 Å². The summed E-state index contributed by atoms with van der Waals surface area (Å²) in [7, 11) is -5.87. The smallest absolute Gasteiger partial charge is 0.264 e. The van der Waals surface area contributed by atoms with E-state index >= 15 is 0 Å². The van der Waals surface area contributed by atoms with E-state index in [1.807, 2.05) is 0 Å². The van der Waals surface area contributed by atoms with Crippen LogP contribution in [0, 0.1) is 11.6 Å². The number of pyridine rings is 2. The second kappa shape index (κ2) is 10.7. The van der Waals surface area contributed by atoms with Crippen molar-refractivity contribution in [2.24, 2.45) is 0 Å². The first-order valence-corrected chi connectivity index (χ1v) is 15.5. The molecule has 0 bridgehead atoms. The number of nitrogens with two attached hydrogens (primary N) is 1. The second-order valence-corrected chi connectivity index (χ2v) is 13.4. The minimum Gasteiger partial charge on any atom is -0.480 e. The van der Waals surface area contributed by atoms with Gasteiger partial charge in [-0.05, 0) is 42.0 Å². The molecule has 0 unspecified atom stereocenters. The van der Waals surface area contributed by atoms with Gasteiger partial charge in [0, 0.05) is 36.3 Å². The lowest BCUT2D eigenvalue weighted by atomic mass is 10.0. The number of ether oxygens (including phenoxy) is 1. The predicted molar refractivity (Wildman–Crippen MR) is 152 cm³/mol. The molecule has 15 heteroatoms. The number of halogens is 2. The molecule has 0 radical (unpaired) electrons. The number of sulfonamides is 1.